The van der Waals surface area contributed by atoms with Crippen LogP contribution in [-0.2, 0) is 6.42 Å². The third-order valence-electron chi connectivity index (χ3n) is 2.58. The fourth-order valence-corrected chi connectivity index (χ4v) is 2.28. The molecule has 0 unspecified atom stereocenters. The molecule has 106 valence electrons. The van der Waals surface area contributed by atoms with Gasteiger partial charge in [0.25, 0.3) is 5.91 Å². The van der Waals surface area contributed by atoms with Crippen molar-refractivity contribution in [1.82, 2.24) is 20.5 Å². The Kier molecular flexibility index (Phi) is 4.81. The first-order valence-corrected chi connectivity index (χ1v) is 6.53. The number of benzene rings is 1. The summed E-state index contributed by atoms with van der Waals surface area (Å²) in [5, 5.41) is 9.76. The highest BCUT2D eigenvalue weighted by Crippen LogP contribution is 2.33. The predicted molar refractivity (Wildman–Crippen MR) is 75.4 cm³/mol. The second-order valence-electron chi connectivity index (χ2n) is 3.91. The molecule has 2 aromatic rings. The molecule has 0 bridgehead atoms. The number of aromatic nitrogens is 3. The molecule has 0 aliphatic heterocycles. The van der Waals surface area contributed by atoms with Crippen LogP contribution in [-0.4, -0.2) is 34.7 Å². The fourth-order valence-electron chi connectivity index (χ4n) is 1.63. The number of nitrogens with one attached hydrogen (secondary N) is 2. The first-order chi connectivity index (χ1) is 9.61. The van der Waals surface area contributed by atoms with E-state index in [9.17, 15) is 4.79 Å². The Morgan fingerprint density at radius 3 is 2.65 bits per heavy atom. The van der Waals surface area contributed by atoms with Crippen LogP contribution in [0.25, 0.3) is 0 Å². The van der Waals surface area contributed by atoms with Crippen molar-refractivity contribution in [3.63, 3.8) is 0 Å². The molecule has 6 nitrogen and oxygen atoms in total. The Labute approximate surface area is 125 Å². The molecule has 0 saturated heterocycles. The molecule has 0 saturated carbocycles. The number of aromatic amines is 1. The molecular weight excluding hydrogens is 303 g/mol. The molecule has 0 aliphatic carbocycles. The van der Waals surface area contributed by atoms with Crippen LogP contribution < -0.4 is 10.1 Å². The molecule has 0 fully saturated rings. The number of amides is 1. The molecule has 1 aromatic heterocycles. The molecule has 0 atom stereocenters. The van der Waals surface area contributed by atoms with Crippen molar-refractivity contribution in [3.05, 3.63) is 39.9 Å². The molecule has 0 radical (unpaired) electrons. The molecule has 2 rings (SSSR count). The van der Waals surface area contributed by atoms with Crippen molar-refractivity contribution in [2.45, 2.75) is 6.42 Å². The number of carbonyl (C=O) groups excluding carboxylic acids is 1. The Bertz CT molecular complexity index is 579. The van der Waals surface area contributed by atoms with Crippen molar-refractivity contribution in [1.29, 1.82) is 0 Å². The summed E-state index contributed by atoms with van der Waals surface area (Å²) in [5.74, 6) is 0.790. The van der Waals surface area contributed by atoms with Gasteiger partial charge < -0.3 is 10.1 Å². The third-order valence-corrected chi connectivity index (χ3v) is 3.14. The van der Waals surface area contributed by atoms with Gasteiger partial charge in [-0.25, -0.2) is 4.98 Å². The van der Waals surface area contributed by atoms with Gasteiger partial charge in [-0.2, -0.15) is 5.10 Å². The summed E-state index contributed by atoms with van der Waals surface area (Å²) < 4.78 is 5.03. The van der Waals surface area contributed by atoms with Crippen LogP contribution in [0.2, 0.25) is 10.0 Å². The lowest BCUT2D eigenvalue weighted by Crippen LogP contribution is -2.26. The standard InChI is InChI=1S/C12H12Cl2N4O2/c1-20-11-8(13)4-7(5-9(11)14)12(19)15-3-2-10-16-6-17-18-10/h4-6H,2-3H2,1H3,(H,15,19)(H,16,17,18). The minimum absolute atomic E-state index is 0.268. The van der Waals surface area contributed by atoms with Gasteiger partial charge in [0, 0.05) is 18.5 Å². The number of methoxy groups -OCH3 is 1. The summed E-state index contributed by atoms with van der Waals surface area (Å²) in [7, 11) is 1.46. The number of ether oxygens (including phenoxy) is 1. The highest BCUT2D eigenvalue weighted by molar-refractivity contribution is 6.37. The van der Waals surface area contributed by atoms with E-state index < -0.39 is 0 Å². The van der Waals surface area contributed by atoms with Crippen LogP contribution in [0.3, 0.4) is 0 Å². The second-order valence-corrected chi connectivity index (χ2v) is 4.73. The maximum atomic E-state index is 12.0. The van der Waals surface area contributed by atoms with Crippen molar-refractivity contribution in [2.24, 2.45) is 0 Å². The number of hydrogen-bond donors (Lipinski definition) is 2. The lowest BCUT2D eigenvalue weighted by molar-refractivity contribution is 0.0954. The molecule has 2 N–H and O–H groups in total. The van der Waals surface area contributed by atoms with Crippen molar-refractivity contribution in [3.8, 4) is 5.75 Å². The topological polar surface area (TPSA) is 79.9 Å². The van der Waals surface area contributed by atoms with Crippen molar-refractivity contribution >= 4 is 29.1 Å². The third kappa shape index (κ3) is 3.40. The number of rotatable bonds is 5. The Balaban J connectivity index is 1.99. The number of hydrogen-bond acceptors (Lipinski definition) is 4. The number of carbonyl (C=O) groups is 1. The van der Waals surface area contributed by atoms with Crippen molar-refractivity contribution in [2.75, 3.05) is 13.7 Å². The summed E-state index contributed by atoms with van der Waals surface area (Å²) >= 11 is 12.0. The zero-order valence-electron chi connectivity index (χ0n) is 10.6. The highest BCUT2D eigenvalue weighted by Gasteiger charge is 2.13. The van der Waals surface area contributed by atoms with Gasteiger partial charge in [0.05, 0.1) is 17.2 Å². The number of halogens is 2. The van der Waals surface area contributed by atoms with Crippen LogP contribution in [0.1, 0.15) is 16.2 Å². The van der Waals surface area contributed by atoms with Crippen LogP contribution in [0.15, 0.2) is 18.5 Å². The molecule has 8 heteroatoms. The van der Waals surface area contributed by atoms with Gasteiger partial charge in [0.2, 0.25) is 0 Å². The van der Waals surface area contributed by atoms with E-state index in [0.29, 0.717) is 40.1 Å². The Hall–Kier alpha value is -1.79. The van der Waals surface area contributed by atoms with Gasteiger partial charge in [0.15, 0.2) is 5.75 Å². The van der Waals surface area contributed by atoms with Gasteiger partial charge >= 0.3 is 0 Å². The lowest BCUT2D eigenvalue weighted by atomic mass is 10.2. The van der Waals surface area contributed by atoms with Crippen molar-refractivity contribution < 1.29 is 9.53 Å². The Morgan fingerprint density at radius 1 is 1.40 bits per heavy atom. The van der Waals surface area contributed by atoms with Gasteiger partial charge in [0.1, 0.15) is 12.2 Å². The molecule has 0 spiro atoms. The first kappa shape index (κ1) is 14.6. The number of nitrogens with zero attached hydrogens (tertiary/aromatic N) is 2. The maximum Gasteiger partial charge on any atom is 0.251 e. The summed E-state index contributed by atoms with van der Waals surface area (Å²) in [6.07, 6.45) is 1.98. The molecule has 1 aromatic carbocycles. The van der Waals surface area contributed by atoms with E-state index in [1.165, 1.54) is 25.6 Å². The highest BCUT2D eigenvalue weighted by atomic mass is 35.5. The molecule has 1 heterocycles. The van der Waals surface area contributed by atoms with E-state index in [1.54, 1.807) is 0 Å². The zero-order valence-corrected chi connectivity index (χ0v) is 12.1. The molecular formula is C12H12Cl2N4O2. The first-order valence-electron chi connectivity index (χ1n) is 5.77. The van der Waals surface area contributed by atoms with E-state index in [1.807, 2.05) is 0 Å². The quantitative estimate of drug-likeness (QED) is 0.885. The largest absolute Gasteiger partial charge is 0.494 e. The predicted octanol–water partition coefficient (Wildman–Crippen LogP) is 2.09. The summed E-state index contributed by atoms with van der Waals surface area (Å²) in [5.41, 5.74) is 0.373. The van der Waals surface area contributed by atoms with E-state index in [-0.39, 0.29) is 5.91 Å². The minimum Gasteiger partial charge on any atom is -0.494 e. The van der Waals surface area contributed by atoms with Crippen LogP contribution in [0.4, 0.5) is 0 Å². The van der Waals surface area contributed by atoms with Gasteiger partial charge in [-0.1, -0.05) is 23.2 Å². The van der Waals surface area contributed by atoms with E-state index >= 15 is 0 Å². The molecule has 20 heavy (non-hydrogen) atoms. The zero-order chi connectivity index (χ0) is 14.5. The minimum atomic E-state index is -0.268. The van der Waals surface area contributed by atoms with Gasteiger partial charge in [-0.3, -0.25) is 9.89 Å². The van der Waals surface area contributed by atoms with Crippen LogP contribution >= 0.6 is 23.2 Å². The lowest BCUT2D eigenvalue weighted by Gasteiger charge is -2.09. The average molecular weight is 315 g/mol. The van der Waals surface area contributed by atoms with E-state index in [2.05, 4.69) is 20.5 Å². The maximum absolute atomic E-state index is 12.0. The smallest absolute Gasteiger partial charge is 0.251 e. The van der Waals surface area contributed by atoms with E-state index in [0.717, 1.165) is 0 Å². The SMILES string of the molecule is COc1c(Cl)cc(C(=O)NCCc2ncn[nH]2)cc1Cl. The average Bonchev–Trinajstić information content (AvgIpc) is 2.91. The molecule has 1 amide bonds. The molecule has 0 aliphatic rings. The number of H-pyrrole nitrogens is 1. The monoisotopic (exact) mass is 314 g/mol. The summed E-state index contributed by atoms with van der Waals surface area (Å²) in [6.45, 7) is 0.426. The fraction of sp³-hybridized carbons (Fsp3) is 0.250. The van der Waals surface area contributed by atoms with Crippen LogP contribution in [0.5, 0.6) is 5.75 Å². The normalized spacial score (nSPS) is 10.3. The van der Waals surface area contributed by atoms with Gasteiger partial charge in [-0.15, -0.1) is 0 Å². The van der Waals surface area contributed by atoms with Gasteiger partial charge in [-0.05, 0) is 12.1 Å². The second kappa shape index (κ2) is 6.58. The summed E-state index contributed by atoms with van der Waals surface area (Å²) in [6, 6.07) is 3.02. The van der Waals surface area contributed by atoms with E-state index in [4.69, 9.17) is 27.9 Å². The summed E-state index contributed by atoms with van der Waals surface area (Å²) in [4.78, 5) is 15.9. The Morgan fingerprint density at radius 2 is 2.10 bits per heavy atom. The van der Waals surface area contributed by atoms with Crippen LogP contribution in [0, 0.1) is 0 Å².